The average molecular weight is 471 g/mol. The van der Waals surface area contributed by atoms with Crippen molar-refractivity contribution in [3.05, 3.63) is 62.9 Å². The molecule has 0 bridgehead atoms. The van der Waals surface area contributed by atoms with Gasteiger partial charge in [0, 0.05) is 57.7 Å². The summed E-state index contributed by atoms with van der Waals surface area (Å²) in [7, 11) is 0. The summed E-state index contributed by atoms with van der Waals surface area (Å²) in [4.78, 5) is 33.7. The van der Waals surface area contributed by atoms with E-state index in [9.17, 15) is 9.59 Å². The second-order valence-corrected chi connectivity index (χ2v) is 8.69. The molecule has 0 spiro atoms. The molecule has 3 aromatic rings. The Morgan fingerprint density at radius 3 is 2.90 bits per heavy atom. The van der Waals surface area contributed by atoms with Crippen LogP contribution in [0.2, 0.25) is 0 Å². The first kappa shape index (κ1) is 19.6. The average Bonchev–Trinajstić information content (AvgIpc) is 3.13. The van der Waals surface area contributed by atoms with E-state index in [1.54, 1.807) is 39.5 Å². The first-order valence-corrected chi connectivity index (χ1v) is 10.8. The van der Waals surface area contributed by atoms with Gasteiger partial charge in [0.05, 0.1) is 5.52 Å². The number of nitrogen functional groups attached to an aromatic ring is 1. The molecule has 1 aliphatic rings. The molecule has 0 radical (unpaired) electrons. The van der Waals surface area contributed by atoms with Crippen LogP contribution in [0.15, 0.2) is 52.5 Å². The number of benzene rings is 1. The van der Waals surface area contributed by atoms with Crippen molar-refractivity contribution in [1.29, 1.82) is 0 Å². The number of rotatable bonds is 4. The molecule has 6 nitrogen and oxygen atoms in total. The quantitative estimate of drug-likeness (QED) is 0.591. The molecule has 1 saturated heterocycles. The van der Waals surface area contributed by atoms with Gasteiger partial charge in [-0.3, -0.25) is 14.6 Å². The summed E-state index contributed by atoms with van der Waals surface area (Å²) in [6.07, 6.45) is 4.99. The number of carbonyl (C=O) groups is 2. The Hall–Kier alpha value is -2.71. The minimum absolute atomic E-state index is 0.0579. The van der Waals surface area contributed by atoms with E-state index in [2.05, 4.69) is 20.9 Å². The van der Waals surface area contributed by atoms with Gasteiger partial charge in [-0.25, -0.2) is 0 Å². The Morgan fingerprint density at radius 1 is 1.28 bits per heavy atom. The van der Waals surface area contributed by atoms with Gasteiger partial charge in [0.25, 0.3) is 0 Å². The summed E-state index contributed by atoms with van der Waals surface area (Å²) in [6.45, 7) is 1.61. The third-order valence-corrected chi connectivity index (χ3v) is 6.48. The summed E-state index contributed by atoms with van der Waals surface area (Å²) < 4.78 is 0.991. The van der Waals surface area contributed by atoms with Gasteiger partial charge in [-0.15, -0.1) is 11.3 Å². The molecule has 4 rings (SSSR count). The summed E-state index contributed by atoms with van der Waals surface area (Å²) >= 11 is 4.94. The number of nitrogens with two attached hydrogens (primary N) is 1. The Morgan fingerprint density at radius 2 is 2.14 bits per heavy atom. The van der Waals surface area contributed by atoms with Crippen molar-refractivity contribution in [3.63, 3.8) is 0 Å². The molecule has 2 aromatic heterocycles. The Bertz CT molecular complexity index is 1110. The van der Waals surface area contributed by atoms with Crippen molar-refractivity contribution >= 4 is 61.7 Å². The second-order valence-electron chi connectivity index (χ2n) is 6.83. The fraction of sp³-hybridized carbons (Fsp3) is 0.190. The zero-order valence-electron chi connectivity index (χ0n) is 15.5. The lowest BCUT2D eigenvalue weighted by Crippen LogP contribution is -2.51. The molecule has 148 valence electrons. The van der Waals surface area contributed by atoms with E-state index in [1.165, 1.54) is 6.08 Å². The van der Waals surface area contributed by atoms with Crippen LogP contribution >= 0.6 is 27.3 Å². The lowest BCUT2D eigenvalue weighted by Gasteiger charge is -2.34. The summed E-state index contributed by atoms with van der Waals surface area (Å²) in [5.74, 6) is -0.203. The highest BCUT2D eigenvalue weighted by atomic mass is 79.9. The predicted molar refractivity (Wildman–Crippen MR) is 119 cm³/mol. The van der Waals surface area contributed by atoms with E-state index in [4.69, 9.17) is 5.73 Å². The number of piperazine rings is 1. The van der Waals surface area contributed by atoms with Crippen molar-refractivity contribution in [2.45, 2.75) is 6.54 Å². The van der Waals surface area contributed by atoms with Crippen LogP contribution in [0.3, 0.4) is 0 Å². The lowest BCUT2D eigenvalue weighted by molar-refractivity contribution is -0.143. The van der Waals surface area contributed by atoms with E-state index in [0.29, 0.717) is 25.3 Å². The highest BCUT2D eigenvalue weighted by molar-refractivity contribution is 9.10. The molecular weight excluding hydrogens is 452 g/mol. The van der Waals surface area contributed by atoms with Gasteiger partial charge in [-0.2, -0.15) is 0 Å². The molecule has 3 heterocycles. The van der Waals surface area contributed by atoms with Gasteiger partial charge in [-0.05, 0) is 45.8 Å². The molecule has 0 saturated carbocycles. The van der Waals surface area contributed by atoms with E-state index < -0.39 is 0 Å². The molecule has 2 N–H and O–H groups in total. The first-order valence-electron chi connectivity index (χ1n) is 9.11. The maximum Gasteiger partial charge on any atom is 0.247 e. The van der Waals surface area contributed by atoms with E-state index >= 15 is 0 Å². The minimum atomic E-state index is -0.145. The predicted octanol–water partition coefficient (Wildman–Crippen LogP) is 3.53. The topological polar surface area (TPSA) is 79.5 Å². The van der Waals surface area contributed by atoms with Crippen molar-refractivity contribution in [2.75, 3.05) is 25.4 Å². The van der Waals surface area contributed by atoms with Crippen molar-refractivity contribution < 1.29 is 9.59 Å². The molecule has 1 aliphatic heterocycles. The fourth-order valence-corrected chi connectivity index (χ4v) is 4.61. The summed E-state index contributed by atoms with van der Waals surface area (Å²) in [5.41, 5.74) is 8.46. The Labute approximate surface area is 180 Å². The second kappa shape index (κ2) is 8.34. The van der Waals surface area contributed by atoms with Crippen LogP contribution in [0.1, 0.15) is 10.4 Å². The normalized spacial score (nSPS) is 14.9. The Kier molecular flexibility index (Phi) is 5.64. The zero-order chi connectivity index (χ0) is 20.4. The third-order valence-electron chi connectivity index (χ3n) is 4.82. The fourth-order valence-electron chi connectivity index (χ4n) is 3.27. The number of hydrogen-bond acceptors (Lipinski definition) is 5. The van der Waals surface area contributed by atoms with E-state index in [-0.39, 0.29) is 18.4 Å². The van der Waals surface area contributed by atoms with Gasteiger partial charge >= 0.3 is 0 Å². The number of halogens is 1. The maximum absolute atomic E-state index is 12.6. The molecule has 29 heavy (non-hydrogen) atoms. The van der Waals surface area contributed by atoms with Crippen molar-refractivity contribution in [3.8, 4) is 0 Å². The summed E-state index contributed by atoms with van der Waals surface area (Å²) in [6, 6.07) is 9.58. The number of nitrogens with zero attached hydrogens (tertiary/aromatic N) is 3. The van der Waals surface area contributed by atoms with Crippen LogP contribution in [0, 0.1) is 0 Å². The van der Waals surface area contributed by atoms with Crippen LogP contribution in [0.5, 0.6) is 0 Å². The largest absolute Gasteiger partial charge is 0.398 e. The molecule has 0 unspecified atom stereocenters. The van der Waals surface area contributed by atoms with Crippen molar-refractivity contribution in [2.24, 2.45) is 0 Å². The van der Waals surface area contributed by atoms with Crippen LogP contribution in [-0.4, -0.2) is 46.2 Å². The van der Waals surface area contributed by atoms with Crippen molar-refractivity contribution in [1.82, 2.24) is 14.8 Å². The van der Waals surface area contributed by atoms with Gasteiger partial charge < -0.3 is 15.5 Å². The van der Waals surface area contributed by atoms with Crippen LogP contribution in [0.4, 0.5) is 5.69 Å². The number of carbonyl (C=O) groups excluding carboxylic acids is 2. The number of thiophene rings is 1. The monoisotopic (exact) mass is 470 g/mol. The number of fused-ring (bicyclic) bond motifs is 1. The minimum Gasteiger partial charge on any atom is -0.398 e. The molecule has 0 aliphatic carbocycles. The van der Waals surface area contributed by atoms with Gasteiger partial charge in [-0.1, -0.05) is 12.1 Å². The van der Waals surface area contributed by atoms with E-state index in [0.717, 1.165) is 25.8 Å². The zero-order valence-corrected chi connectivity index (χ0v) is 17.9. The lowest BCUT2D eigenvalue weighted by atomic mass is 10.1. The maximum atomic E-state index is 12.6. The van der Waals surface area contributed by atoms with Gasteiger partial charge in [0.1, 0.15) is 6.54 Å². The number of amides is 2. The van der Waals surface area contributed by atoms with Gasteiger partial charge in [0.2, 0.25) is 11.8 Å². The molecule has 0 atom stereocenters. The van der Waals surface area contributed by atoms with Crippen LogP contribution < -0.4 is 5.73 Å². The number of pyridine rings is 1. The Balaban J connectivity index is 1.38. The highest BCUT2D eigenvalue weighted by Gasteiger charge is 2.26. The molecule has 8 heteroatoms. The first-order chi connectivity index (χ1) is 14.0. The van der Waals surface area contributed by atoms with Crippen LogP contribution in [0.25, 0.3) is 17.0 Å². The smallest absolute Gasteiger partial charge is 0.247 e. The van der Waals surface area contributed by atoms with Crippen LogP contribution in [-0.2, 0) is 16.1 Å². The molecule has 1 aromatic carbocycles. The number of anilines is 1. The number of aromatic nitrogens is 1. The number of hydrogen-bond donors (Lipinski definition) is 1. The SMILES string of the molecule is Nc1ccnc2cc(CN3CCN(C(=O)/C=C/c4cc(Br)cs4)CC3=O)ccc12. The molecular formula is C21H19BrN4O2S. The standard InChI is InChI=1S/C21H19BrN4O2S/c22-15-10-16(29-13-15)2-4-20(27)26-8-7-25(21(28)12-26)11-14-1-3-17-18(23)5-6-24-19(17)9-14/h1-6,9-10,13H,7-8,11-12H2,(H2,23,24)/b4-2+. The third kappa shape index (κ3) is 4.49. The molecule has 1 fully saturated rings. The highest BCUT2D eigenvalue weighted by Crippen LogP contribution is 2.22. The molecule has 2 amide bonds. The van der Waals surface area contributed by atoms with E-state index in [1.807, 2.05) is 29.6 Å². The summed E-state index contributed by atoms with van der Waals surface area (Å²) in [5, 5.41) is 2.87. The van der Waals surface area contributed by atoms with Gasteiger partial charge in [0.15, 0.2) is 0 Å².